The van der Waals surface area contributed by atoms with E-state index in [1.807, 2.05) is 12.1 Å². The van der Waals surface area contributed by atoms with E-state index < -0.39 is 0 Å². The van der Waals surface area contributed by atoms with Gasteiger partial charge in [0.25, 0.3) is 5.91 Å². The van der Waals surface area contributed by atoms with Crippen molar-refractivity contribution in [2.75, 3.05) is 7.11 Å². The van der Waals surface area contributed by atoms with Gasteiger partial charge < -0.3 is 10.1 Å². The Labute approximate surface area is 115 Å². The van der Waals surface area contributed by atoms with E-state index in [0.717, 1.165) is 5.56 Å². The van der Waals surface area contributed by atoms with Crippen molar-refractivity contribution in [3.63, 3.8) is 0 Å². The Hall–Kier alpha value is -2.14. The maximum absolute atomic E-state index is 11.9. The van der Waals surface area contributed by atoms with Crippen LogP contribution in [0.2, 0.25) is 5.02 Å². The quantitative estimate of drug-likeness (QED) is 0.929. The molecule has 0 fully saturated rings. The topological polar surface area (TPSA) is 64.1 Å². The molecule has 0 aliphatic carbocycles. The van der Waals surface area contributed by atoms with E-state index in [1.54, 1.807) is 12.1 Å². The maximum Gasteiger partial charge on any atom is 0.270 e. The van der Waals surface area contributed by atoms with Crippen molar-refractivity contribution in [2.24, 2.45) is 0 Å². The molecule has 0 unspecified atom stereocenters. The van der Waals surface area contributed by atoms with Gasteiger partial charge in [0.1, 0.15) is 12.0 Å². The van der Waals surface area contributed by atoms with Gasteiger partial charge in [0.2, 0.25) is 5.88 Å². The number of benzene rings is 1. The molecule has 5 nitrogen and oxygen atoms in total. The number of hydrogen-bond acceptors (Lipinski definition) is 4. The van der Waals surface area contributed by atoms with Gasteiger partial charge >= 0.3 is 0 Å². The lowest BCUT2D eigenvalue weighted by molar-refractivity contribution is 0.0945. The fourth-order valence-corrected chi connectivity index (χ4v) is 1.58. The number of nitrogens with one attached hydrogen (secondary N) is 1. The summed E-state index contributed by atoms with van der Waals surface area (Å²) in [7, 11) is 1.48. The monoisotopic (exact) mass is 277 g/mol. The molecule has 0 saturated heterocycles. The van der Waals surface area contributed by atoms with Crippen molar-refractivity contribution in [3.05, 3.63) is 52.9 Å². The summed E-state index contributed by atoms with van der Waals surface area (Å²) in [5.74, 6) is 0.0716. The van der Waals surface area contributed by atoms with Crippen LogP contribution < -0.4 is 10.1 Å². The number of nitrogens with zero attached hydrogens (tertiary/aromatic N) is 2. The standard InChI is InChI=1S/C13H12ClN3O2/c1-19-12-6-11(16-8-17-12)13(18)15-7-9-2-4-10(14)5-3-9/h2-6,8H,7H2,1H3,(H,15,18). The number of ether oxygens (including phenoxy) is 1. The highest BCUT2D eigenvalue weighted by atomic mass is 35.5. The van der Waals surface area contributed by atoms with Crippen LogP contribution in [0.3, 0.4) is 0 Å². The van der Waals surface area contributed by atoms with Gasteiger partial charge in [-0.15, -0.1) is 0 Å². The Morgan fingerprint density at radius 2 is 2.05 bits per heavy atom. The molecule has 6 heteroatoms. The number of carbonyl (C=O) groups is 1. The van der Waals surface area contributed by atoms with E-state index in [1.165, 1.54) is 19.5 Å². The van der Waals surface area contributed by atoms with Crippen LogP contribution in [0.5, 0.6) is 5.88 Å². The molecular formula is C13H12ClN3O2. The molecule has 2 aromatic rings. The number of halogens is 1. The van der Waals surface area contributed by atoms with Crippen LogP contribution in [0.25, 0.3) is 0 Å². The molecule has 1 heterocycles. The lowest BCUT2D eigenvalue weighted by Gasteiger charge is -2.05. The van der Waals surface area contributed by atoms with Crippen LogP contribution in [0.1, 0.15) is 16.1 Å². The average Bonchev–Trinajstić information content (AvgIpc) is 2.46. The molecule has 98 valence electrons. The van der Waals surface area contributed by atoms with Crippen LogP contribution in [-0.2, 0) is 6.54 Å². The zero-order valence-electron chi connectivity index (χ0n) is 10.3. The second-order valence-corrected chi connectivity index (χ2v) is 4.19. The molecule has 0 atom stereocenters. The summed E-state index contributed by atoms with van der Waals surface area (Å²) in [6, 6.07) is 8.73. The molecule has 1 N–H and O–H groups in total. The average molecular weight is 278 g/mol. The van der Waals surface area contributed by atoms with Crippen molar-refractivity contribution in [1.82, 2.24) is 15.3 Å². The van der Waals surface area contributed by atoms with Crippen molar-refractivity contribution >= 4 is 17.5 Å². The molecule has 0 spiro atoms. The molecule has 0 bridgehead atoms. The molecule has 0 saturated carbocycles. The first-order valence-corrected chi connectivity index (χ1v) is 5.95. The van der Waals surface area contributed by atoms with Gasteiger partial charge in [0.15, 0.2) is 0 Å². The van der Waals surface area contributed by atoms with Crippen molar-refractivity contribution in [1.29, 1.82) is 0 Å². The summed E-state index contributed by atoms with van der Waals surface area (Å²) in [4.78, 5) is 19.6. The Morgan fingerprint density at radius 1 is 1.32 bits per heavy atom. The van der Waals surface area contributed by atoms with Crippen LogP contribution in [0.4, 0.5) is 0 Å². The second-order valence-electron chi connectivity index (χ2n) is 3.75. The lowest BCUT2D eigenvalue weighted by atomic mass is 10.2. The molecule has 0 aliphatic rings. The number of methoxy groups -OCH3 is 1. The van der Waals surface area contributed by atoms with E-state index in [0.29, 0.717) is 17.4 Å². The number of aromatic nitrogens is 2. The van der Waals surface area contributed by atoms with Gasteiger partial charge in [0, 0.05) is 17.6 Å². The SMILES string of the molecule is COc1cc(C(=O)NCc2ccc(Cl)cc2)ncn1. The molecule has 0 aliphatic heterocycles. The van der Waals surface area contributed by atoms with Crippen LogP contribution in [-0.4, -0.2) is 23.0 Å². The maximum atomic E-state index is 11.9. The van der Waals surface area contributed by atoms with Gasteiger partial charge in [-0.25, -0.2) is 9.97 Å². The molecular weight excluding hydrogens is 266 g/mol. The molecule has 0 radical (unpaired) electrons. The van der Waals surface area contributed by atoms with Crippen LogP contribution in [0.15, 0.2) is 36.7 Å². The summed E-state index contributed by atoms with van der Waals surface area (Å²) in [5.41, 5.74) is 1.22. The minimum Gasteiger partial charge on any atom is -0.481 e. The minimum absolute atomic E-state index is 0.265. The van der Waals surface area contributed by atoms with E-state index in [2.05, 4.69) is 15.3 Å². The second kappa shape index (κ2) is 6.15. The van der Waals surface area contributed by atoms with Crippen molar-refractivity contribution in [2.45, 2.75) is 6.54 Å². The molecule has 2 rings (SSSR count). The third kappa shape index (κ3) is 3.66. The Kier molecular flexibility index (Phi) is 4.30. The normalized spacial score (nSPS) is 10.0. The van der Waals surface area contributed by atoms with Crippen molar-refractivity contribution in [3.8, 4) is 5.88 Å². The first-order chi connectivity index (χ1) is 9.19. The summed E-state index contributed by atoms with van der Waals surface area (Å²) < 4.78 is 4.94. The van der Waals surface area contributed by atoms with Gasteiger partial charge in [0.05, 0.1) is 7.11 Å². The van der Waals surface area contributed by atoms with Crippen LogP contribution >= 0.6 is 11.6 Å². The number of hydrogen-bond donors (Lipinski definition) is 1. The smallest absolute Gasteiger partial charge is 0.270 e. The van der Waals surface area contributed by atoms with Crippen LogP contribution in [0, 0.1) is 0 Å². The van der Waals surface area contributed by atoms with E-state index >= 15 is 0 Å². The number of rotatable bonds is 4. The molecule has 1 aromatic heterocycles. The molecule has 1 amide bonds. The minimum atomic E-state index is -0.282. The number of carbonyl (C=O) groups excluding carboxylic acids is 1. The first kappa shape index (κ1) is 13.3. The highest BCUT2D eigenvalue weighted by Crippen LogP contribution is 2.10. The molecule has 1 aromatic carbocycles. The Bertz CT molecular complexity index is 572. The largest absolute Gasteiger partial charge is 0.481 e. The zero-order chi connectivity index (χ0) is 13.7. The first-order valence-electron chi connectivity index (χ1n) is 5.57. The third-order valence-corrected chi connectivity index (χ3v) is 2.70. The summed E-state index contributed by atoms with van der Waals surface area (Å²) >= 11 is 5.79. The summed E-state index contributed by atoms with van der Waals surface area (Å²) in [6.45, 7) is 0.405. The summed E-state index contributed by atoms with van der Waals surface area (Å²) in [5, 5.41) is 3.42. The third-order valence-electron chi connectivity index (χ3n) is 2.45. The predicted octanol–water partition coefficient (Wildman–Crippen LogP) is 2.07. The fraction of sp³-hybridized carbons (Fsp3) is 0.154. The Balaban J connectivity index is 1.99. The highest BCUT2D eigenvalue weighted by molar-refractivity contribution is 6.30. The lowest BCUT2D eigenvalue weighted by Crippen LogP contribution is -2.23. The molecule has 19 heavy (non-hydrogen) atoms. The van der Waals surface area contributed by atoms with Crippen molar-refractivity contribution < 1.29 is 9.53 Å². The van der Waals surface area contributed by atoms with E-state index in [4.69, 9.17) is 16.3 Å². The zero-order valence-corrected chi connectivity index (χ0v) is 11.0. The fourth-order valence-electron chi connectivity index (χ4n) is 1.45. The van der Waals surface area contributed by atoms with E-state index in [-0.39, 0.29) is 11.6 Å². The predicted molar refractivity (Wildman–Crippen MR) is 71.2 cm³/mol. The van der Waals surface area contributed by atoms with Gasteiger partial charge in [-0.05, 0) is 17.7 Å². The number of amides is 1. The van der Waals surface area contributed by atoms with Gasteiger partial charge in [-0.1, -0.05) is 23.7 Å². The van der Waals surface area contributed by atoms with Gasteiger partial charge in [-0.2, -0.15) is 0 Å². The van der Waals surface area contributed by atoms with Gasteiger partial charge in [-0.3, -0.25) is 4.79 Å². The Morgan fingerprint density at radius 3 is 2.74 bits per heavy atom. The highest BCUT2D eigenvalue weighted by Gasteiger charge is 2.08. The summed E-state index contributed by atoms with van der Waals surface area (Å²) in [6.07, 6.45) is 1.29. The van der Waals surface area contributed by atoms with E-state index in [9.17, 15) is 4.79 Å².